The highest BCUT2D eigenvalue weighted by molar-refractivity contribution is 6.30. The summed E-state index contributed by atoms with van der Waals surface area (Å²) in [7, 11) is 0. The minimum absolute atomic E-state index is 0.353. The van der Waals surface area contributed by atoms with Crippen LogP contribution in [-0.2, 0) is 0 Å². The molecular formula is C14H18ClN. The maximum absolute atomic E-state index is 5.99. The largest absolute Gasteiger partial charge is 0.304 e. The summed E-state index contributed by atoms with van der Waals surface area (Å²) in [5, 5.41) is 4.43. The zero-order chi connectivity index (χ0) is 11.4. The van der Waals surface area contributed by atoms with Crippen LogP contribution in [0, 0.1) is 0 Å². The van der Waals surface area contributed by atoms with E-state index in [1.165, 1.54) is 24.8 Å². The number of rotatable bonds is 3. The van der Waals surface area contributed by atoms with Gasteiger partial charge in [0.05, 0.1) is 0 Å². The molecule has 2 heteroatoms. The van der Waals surface area contributed by atoms with Crippen LogP contribution in [0.4, 0.5) is 0 Å². The lowest BCUT2D eigenvalue weighted by Gasteiger charge is -2.23. The molecule has 0 aliphatic heterocycles. The van der Waals surface area contributed by atoms with E-state index in [0.717, 1.165) is 5.02 Å². The Kier molecular flexibility index (Phi) is 4.03. The molecule has 0 heterocycles. The van der Waals surface area contributed by atoms with Crippen LogP contribution in [0.1, 0.15) is 37.8 Å². The molecule has 0 spiro atoms. The van der Waals surface area contributed by atoms with Gasteiger partial charge in [0.1, 0.15) is 0 Å². The monoisotopic (exact) mass is 235 g/mol. The molecule has 0 bridgehead atoms. The molecule has 16 heavy (non-hydrogen) atoms. The molecule has 0 saturated carbocycles. The minimum atomic E-state index is 0.353. The van der Waals surface area contributed by atoms with Crippen molar-refractivity contribution in [3.05, 3.63) is 47.0 Å². The molecule has 1 N–H and O–H groups in total. The fourth-order valence-corrected chi connectivity index (χ4v) is 2.34. The van der Waals surface area contributed by atoms with Crippen LogP contribution in [0.3, 0.4) is 0 Å². The van der Waals surface area contributed by atoms with E-state index in [1.54, 1.807) is 0 Å². The quantitative estimate of drug-likeness (QED) is 0.778. The van der Waals surface area contributed by atoms with Gasteiger partial charge in [-0.05, 0) is 43.9 Å². The maximum atomic E-state index is 5.99. The van der Waals surface area contributed by atoms with Gasteiger partial charge >= 0.3 is 0 Å². The molecule has 1 nitrogen and oxygen atoms in total. The summed E-state index contributed by atoms with van der Waals surface area (Å²) < 4.78 is 0. The van der Waals surface area contributed by atoms with E-state index < -0.39 is 0 Å². The maximum Gasteiger partial charge on any atom is 0.0409 e. The van der Waals surface area contributed by atoms with Crippen LogP contribution in [0.5, 0.6) is 0 Å². The van der Waals surface area contributed by atoms with Crippen molar-refractivity contribution in [3.8, 4) is 0 Å². The summed E-state index contributed by atoms with van der Waals surface area (Å²) in [4.78, 5) is 0. The average molecular weight is 236 g/mol. The molecule has 2 rings (SSSR count). The zero-order valence-corrected chi connectivity index (χ0v) is 10.4. The molecule has 1 aromatic rings. The third-order valence-electron chi connectivity index (χ3n) is 3.07. The van der Waals surface area contributed by atoms with Gasteiger partial charge < -0.3 is 5.32 Å². The normalized spacial score (nSPS) is 22.0. The van der Waals surface area contributed by atoms with Gasteiger partial charge in [0.15, 0.2) is 0 Å². The highest BCUT2D eigenvalue weighted by Crippen LogP contribution is 2.20. The lowest BCUT2D eigenvalue weighted by atomic mass is 10.0. The van der Waals surface area contributed by atoms with Crippen molar-refractivity contribution >= 4 is 11.6 Å². The Labute approximate surface area is 103 Å². The SMILES string of the molecule is C[C@H](NC1C=CCCC1)c1cccc(Cl)c1. The van der Waals surface area contributed by atoms with Crippen LogP contribution in [0.25, 0.3) is 0 Å². The first-order valence-electron chi connectivity index (χ1n) is 5.94. The highest BCUT2D eigenvalue weighted by Gasteiger charge is 2.12. The Hall–Kier alpha value is -0.790. The van der Waals surface area contributed by atoms with Crippen molar-refractivity contribution < 1.29 is 0 Å². The van der Waals surface area contributed by atoms with Crippen LogP contribution in [0.15, 0.2) is 36.4 Å². The molecule has 0 radical (unpaired) electrons. The summed E-state index contributed by atoms with van der Waals surface area (Å²) in [5.74, 6) is 0. The Morgan fingerprint density at radius 3 is 3.00 bits per heavy atom. The Morgan fingerprint density at radius 1 is 1.44 bits per heavy atom. The second kappa shape index (κ2) is 5.51. The fraction of sp³-hybridized carbons (Fsp3) is 0.429. The number of allylic oxidation sites excluding steroid dienone is 1. The van der Waals surface area contributed by atoms with Gasteiger partial charge in [-0.15, -0.1) is 0 Å². The second-order valence-electron chi connectivity index (χ2n) is 4.41. The number of halogens is 1. The number of hydrogen-bond acceptors (Lipinski definition) is 1. The summed E-state index contributed by atoms with van der Waals surface area (Å²) in [5.41, 5.74) is 1.26. The lowest BCUT2D eigenvalue weighted by molar-refractivity contribution is 0.467. The van der Waals surface area contributed by atoms with Gasteiger partial charge in [0, 0.05) is 17.1 Å². The minimum Gasteiger partial charge on any atom is -0.304 e. The van der Waals surface area contributed by atoms with Crippen LogP contribution in [0.2, 0.25) is 5.02 Å². The van der Waals surface area contributed by atoms with Crippen molar-refractivity contribution in [1.82, 2.24) is 5.32 Å². The Morgan fingerprint density at radius 2 is 2.31 bits per heavy atom. The van der Waals surface area contributed by atoms with Gasteiger partial charge in [-0.25, -0.2) is 0 Å². The number of benzene rings is 1. The van der Waals surface area contributed by atoms with E-state index in [9.17, 15) is 0 Å². The average Bonchev–Trinajstić information content (AvgIpc) is 2.30. The van der Waals surface area contributed by atoms with Gasteiger partial charge in [-0.3, -0.25) is 0 Å². The van der Waals surface area contributed by atoms with Crippen molar-refractivity contribution in [2.45, 2.75) is 38.3 Å². The molecule has 1 aliphatic carbocycles. The Balaban J connectivity index is 1.99. The molecule has 1 unspecified atom stereocenters. The third kappa shape index (κ3) is 3.10. The van der Waals surface area contributed by atoms with E-state index in [-0.39, 0.29) is 0 Å². The van der Waals surface area contributed by atoms with Gasteiger partial charge in [0.2, 0.25) is 0 Å². The number of nitrogens with one attached hydrogen (secondary N) is 1. The summed E-state index contributed by atoms with van der Waals surface area (Å²) >= 11 is 5.99. The van der Waals surface area contributed by atoms with E-state index >= 15 is 0 Å². The predicted molar refractivity (Wildman–Crippen MR) is 69.8 cm³/mol. The predicted octanol–water partition coefficient (Wildman–Crippen LogP) is 4.10. The van der Waals surface area contributed by atoms with Crippen LogP contribution >= 0.6 is 11.6 Å². The summed E-state index contributed by atoms with van der Waals surface area (Å²) in [6, 6.07) is 8.95. The summed E-state index contributed by atoms with van der Waals surface area (Å²) in [6.45, 7) is 2.19. The van der Waals surface area contributed by atoms with Crippen LogP contribution < -0.4 is 5.32 Å². The van der Waals surface area contributed by atoms with E-state index in [1.807, 2.05) is 18.2 Å². The molecule has 86 valence electrons. The van der Waals surface area contributed by atoms with Gasteiger partial charge in [-0.1, -0.05) is 35.9 Å². The summed E-state index contributed by atoms with van der Waals surface area (Å²) in [6.07, 6.45) is 8.30. The van der Waals surface area contributed by atoms with Crippen molar-refractivity contribution in [3.63, 3.8) is 0 Å². The number of hydrogen-bond donors (Lipinski definition) is 1. The third-order valence-corrected chi connectivity index (χ3v) is 3.30. The molecule has 0 fully saturated rings. The first-order valence-corrected chi connectivity index (χ1v) is 6.31. The molecular weight excluding hydrogens is 218 g/mol. The highest BCUT2D eigenvalue weighted by atomic mass is 35.5. The van der Waals surface area contributed by atoms with Crippen molar-refractivity contribution in [2.24, 2.45) is 0 Å². The molecule has 0 saturated heterocycles. The smallest absolute Gasteiger partial charge is 0.0409 e. The Bertz CT molecular complexity index is 373. The van der Waals surface area contributed by atoms with E-state index in [2.05, 4.69) is 30.5 Å². The zero-order valence-electron chi connectivity index (χ0n) is 9.62. The fourth-order valence-electron chi connectivity index (χ4n) is 2.14. The van der Waals surface area contributed by atoms with E-state index in [4.69, 9.17) is 11.6 Å². The molecule has 1 aliphatic rings. The van der Waals surface area contributed by atoms with Crippen molar-refractivity contribution in [2.75, 3.05) is 0 Å². The first kappa shape index (κ1) is 11.7. The van der Waals surface area contributed by atoms with Gasteiger partial charge in [-0.2, -0.15) is 0 Å². The molecule has 0 aromatic heterocycles. The topological polar surface area (TPSA) is 12.0 Å². The standard InChI is InChI=1S/C14H18ClN/c1-11(12-6-5-7-13(15)10-12)16-14-8-3-2-4-9-14/h3,5-8,10-11,14,16H,2,4,9H2,1H3/t11-,14?/m0/s1. The van der Waals surface area contributed by atoms with E-state index in [0.29, 0.717) is 12.1 Å². The van der Waals surface area contributed by atoms with Gasteiger partial charge in [0.25, 0.3) is 0 Å². The molecule has 0 amide bonds. The lowest BCUT2D eigenvalue weighted by Crippen LogP contribution is -2.30. The second-order valence-corrected chi connectivity index (χ2v) is 4.85. The first-order chi connectivity index (χ1) is 7.75. The van der Waals surface area contributed by atoms with Crippen molar-refractivity contribution in [1.29, 1.82) is 0 Å². The molecule has 1 aromatic carbocycles. The molecule has 2 atom stereocenters. The van der Waals surface area contributed by atoms with Crippen LogP contribution in [-0.4, -0.2) is 6.04 Å².